The van der Waals surface area contributed by atoms with Gasteiger partial charge in [-0.15, -0.1) is 0 Å². The molecule has 0 fully saturated rings. The molecule has 21 heavy (non-hydrogen) atoms. The predicted octanol–water partition coefficient (Wildman–Crippen LogP) is 1.98. The zero-order valence-corrected chi connectivity index (χ0v) is 12.4. The first kappa shape index (κ1) is 15.6. The summed E-state index contributed by atoms with van der Waals surface area (Å²) in [5.41, 5.74) is 7.14. The predicted molar refractivity (Wildman–Crippen MR) is 82.3 cm³/mol. The second kappa shape index (κ2) is 7.31. The molecule has 0 bridgehead atoms. The zero-order chi connectivity index (χ0) is 15.2. The summed E-state index contributed by atoms with van der Waals surface area (Å²) < 4.78 is 4.93. The van der Waals surface area contributed by atoms with E-state index in [4.69, 9.17) is 22.1 Å². The standard InChI is InChI=1S/C14H17ClN4O2/c1-21-8-4-5-9(16)14(20)19-13-12(15)17-10-6-2-3-7-11(10)18-13/h2-3,6-7,9H,4-5,8,16H2,1H3,(H,18,19,20). The lowest BCUT2D eigenvalue weighted by atomic mass is 10.1. The smallest absolute Gasteiger partial charge is 0.242 e. The average molecular weight is 309 g/mol. The maximum atomic E-state index is 12.0. The average Bonchev–Trinajstić information content (AvgIpc) is 2.48. The minimum absolute atomic E-state index is 0.145. The van der Waals surface area contributed by atoms with Crippen LogP contribution in [0.1, 0.15) is 12.8 Å². The van der Waals surface area contributed by atoms with Gasteiger partial charge in [0.15, 0.2) is 11.0 Å². The van der Waals surface area contributed by atoms with Gasteiger partial charge in [0.1, 0.15) is 0 Å². The lowest BCUT2D eigenvalue weighted by Gasteiger charge is -2.12. The number of amides is 1. The van der Waals surface area contributed by atoms with Crippen molar-refractivity contribution in [3.8, 4) is 0 Å². The number of hydrogen-bond acceptors (Lipinski definition) is 5. The summed E-state index contributed by atoms with van der Waals surface area (Å²) in [4.78, 5) is 20.5. The number of hydrogen-bond donors (Lipinski definition) is 2. The van der Waals surface area contributed by atoms with Crippen molar-refractivity contribution in [1.82, 2.24) is 9.97 Å². The summed E-state index contributed by atoms with van der Waals surface area (Å²) >= 11 is 6.03. The second-order valence-electron chi connectivity index (χ2n) is 4.58. The van der Waals surface area contributed by atoms with Gasteiger partial charge < -0.3 is 15.8 Å². The van der Waals surface area contributed by atoms with Crippen LogP contribution in [0.5, 0.6) is 0 Å². The second-order valence-corrected chi connectivity index (χ2v) is 4.94. The molecule has 2 rings (SSSR count). The molecule has 112 valence electrons. The Morgan fingerprint density at radius 3 is 2.71 bits per heavy atom. The number of aromatic nitrogens is 2. The third kappa shape index (κ3) is 4.10. The van der Waals surface area contributed by atoms with Gasteiger partial charge in [-0.2, -0.15) is 0 Å². The van der Waals surface area contributed by atoms with E-state index < -0.39 is 6.04 Å². The Labute approximate surface area is 127 Å². The quantitative estimate of drug-likeness (QED) is 0.796. The van der Waals surface area contributed by atoms with E-state index in [0.717, 1.165) is 0 Å². The van der Waals surface area contributed by atoms with Crippen LogP contribution in [0.4, 0.5) is 5.82 Å². The van der Waals surface area contributed by atoms with Crippen LogP contribution >= 0.6 is 11.6 Å². The molecule has 1 unspecified atom stereocenters. The summed E-state index contributed by atoms with van der Waals surface area (Å²) in [5.74, 6) is -0.111. The normalized spacial score (nSPS) is 12.3. The highest BCUT2D eigenvalue weighted by molar-refractivity contribution is 6.32. The molecule has 0 saturated carbocycles. The van der Waals surface area contributed by atoms with Crippen molar-refractivity contribution in [2.45, 2.75) is 18.9 Å². The molecule has 6 nitrogen and oxygen atoms in total. The summed E-state index contributed by atoms with van der Waals surface area (Å²) in [7, 11) is 1.61. The number of para-hydroxylation sites is 2. The first-order valence-electron chi connectivity index (χ1n) is 6.59. The minimum atomic E-state index is -0.635. The van der Waals surface area contributed by atoms with Crippen LogP contribution in [0.2, 0.25) is 5.15 Å². The Morgan fingerprint density at radius 1 is 1.38 bits per heavy atom. The lowest BCUT2D eigenvalue weighted by molar-refractivity contribution is -0.117. The van der Waals surface area contributed by atoms with Crippen LogP contribution < -0.4 is 11.1 Å². The van der Waals surface area contributed by atoms with Crippen LogP contribution in [-0.4, -0.2) is 35.6 Å². The van der Waals surface area contributed by atoms with Crippen LogP contribution in [0.3, 0.4) is 0 Å². The molecule has 7 heteroatoms. The highest BCUT2D eigenvalue weighted by atomic mass is 35.5. The summed E-state index contributed by atoms with van der Waals surface area (Å²) in [5, 5.41) is 2.76. The van der Waals surface area contributed by atoms with Crippen molar-refractivity contribution >= 4 is 34.4 Å². The van der Waals surface area contributed by atoms with Crippen molar-refractivity contribution in [2.75, 3.05) is 19.0 Å². The van der Waals surface area contributed by atoms with Crippen LogP contribution in [-0.2, 0) is 9.53 Å². The van der Waals surface area contributed by atoms with Gasteiger partial charge in [0.05, 0.1) is 17.1 Å². The van der Waals surface area contributed by atoms with Gasteiger partial charge in [-0.3, -0.25) is 4.79 Å². The highest BCUT2D eigenvalue weighted by Crippen LogP contribution is 2.21. The molecule has 3 N–H and O–H groups in total. The maximum Gasteiger partial charge on any atom is 0.242 e. The molecule has 2 aromatic rings. The number of ether oxygens (including phenoxy) is 1. The monoisotopic (exact) mass is 308 g/mol. The number of rotatable bonds is 6. The van der Waals surface area contributed by atoms with Gasteiger partial charge in [0.25, 0.3) is 0 Å². The van der Waals surface area contributed by atoms with Crippen molar-refractivity contribution < 1.29 is 9.53 Å². The third-order valence-corrected chi connectivity index (χ3v) is 3.23. The number of carbonyl (C=O) groups excluding carboxylic acids is 1. The van der Waals surface area contributed by atoms with E-state index in [1.807, 2.05) is 12.1 Å². The molecule has 0 saturated heterocycles. The SMILES string of the molecule is COCCCC(N)C(=O)Nc1nc2ccccc2nc1Cl. The van der Waals surface area contributed by atoms with Crippen molar-refractivity contribution in [3.63, 3.8) is 0 Å². The zero-order valence-electron chi connectivity index (χ0n) is 11.7. The van der Waals surface area contributed by atoms with E-state index in [9.17, 15) is 4.79 Å². The Bertz CT molecular complexity index is 635. The Balaban J connectivity index is 2.08. The van der Waals surface area contributed by atoms with E-state index in [1.54, 1.807) is 19.2 Å². The number of nitrogens with one attached hydrogen (secondary N) is 1. The molecular weight excluding hydrogens is 292 g/mol. The molecule has 0 aliphatic rings. The largest absolute Gasteiger partial charge is 0.385 e. The number of methoxy groups -OCH3 is 1. The van der Waals surface area contributed by atoms with E-state index in [1.165, 1.54) is 0 Å². The van der Waals surface area contributed by atoms with Gasteiger partial charge in [0.2, 0.25) is 5.91 Å². The molecule has 1 heterocycles. The van der Waals surface area contributed by atoms with E-state index in [-0.39, 0.29) is 16.9 Å². The number of halogens is 1. The molecule has 1 aromatic heterocycles. The van der Waals surface area contributed by atoms with Gasteiger partial charge in [-0.1, -0.05) is 23.7 Å². The highest BCUT2D eigenvalue weighted by Gasteiger charge is 2.16. The van der Waals surface area contributed by atoms with Crippen LogP contribution in [0, 0.1) is 0 Å². The summed E-state index contributed by atoms with van der Waals surface area (Å²) in [6.07, 6.45) is 1.24. The van der Waals surface area contributed by atoms with E-state index in [2.05, 4.69) is 15.3 Å². The van der Waals surface area contributed by atoms with Crippen molar-refractivity contribution in [3.05, 3.63) is 29.4 Å². The molecule has 0 radical (unpaired) electrons. The van der Waals surface area contributed by atoms with E-state index >= 15 is 0 Å². The number of fused-ring (bicyclic) bond motifs is 1. The van der Waals surface area contributed by atoms with Gasteiger partial charge in [-0.25, -0.2) is 9.97 Å². The molecular formula is C14H17ClN4O2. The molecule has 0 aliphatic carbocycles. The number of nitrogens with zero attached hydrogens (tertiary/aromatic N) is 2. The first-order chi connectivity index (χ1) is 10.1. The minimum Gasteiger partial charge on any atom is -0.385 e. The number of anilines is 1. The van der Waals surface area contributed by atoms with E-state index in [0.29, 0.717) is 30.5 Å². The third-order valence-electron chi connectivity index (χ3n) is 2.97. The van der Waals surface area contributed by atoms with Crippen LogP contribution in [0.15, 0.2) is 24.3 Å². The number of carbonyl (C=O) groups is 1. The van der Waals surface area contributed by atoms with Crippen molar-refractivity contribution in [1.29, 1.82) is 0 Å². The Morgan fingerprint density at radius 2 is 2.05 bits per heavy atom. The molecule has 0 spiro atoms. The summed E-state index contributed by atoms with van der Waals surface area (Å²) in [6.45, 7) is 0.567. The maximum absolute atomic E-state index is 12.0. The summed E-state index contributed by atoms with van der Waals surface area (Å²) in [6, 6.07) is 6.65. The Hall–Kier alpha value is -1.76. The fraction of sp³-hybridized carbons (Fsp3) is 0.357. The number of benzene rings is 1. The fourth-order valence-electron chi connectivity index (χ4n) is 1.85. The molecule has 1 atom stereocenters. The molecule has 0 aliphatic heterocycles. The fourth-order valence-corrected chi connectivity index (χ4v) is 2.03. The molecule has 1 amide bonds. The lowest BCUT2D eigenvalue weighted by Crippen LogP contribution is -2.36. The van der Waals surface area contributed by atoms with Crippen molar-refractivity contribution in [2.24, 2.45) is 5.73 Å². The first-order valence-corrected chi connectivity index (χ1v) is 6.97. The van der Waals surface area contributed by atoms with Gasteiger partial charge in [0, 0.05) is 13.7 Å². The molecule has 1 aromatic carbocycles. The van der Waals surface area contributed by atoms with Gasteiger partial charge in [-0.05, 0) is 25.0 Å². The van der Waals surface area contributed by atoms with Crippen LogP contribution in [0.25, 0.3) is 11.0 Å². The number of nitrogens with two attached hydrogens (primary N) is 1. The van der Waals surface area contributed by atoms with Gasteiger partial charge >= 0.3 is 0 Å². The topological polar surface area (TPSA) is 90.1 Å². The Kier molecular flexibility index (Phi) is 5.44.